The maximum atomic E-state index is 15.4. The Kier molecular flexibility index (Phi) is 6.94. The van der Waals surface area contributed by atoms with Crippen molar-refractivity contribution < 1.29 is 28.6 Å². The first-order valence-corrected chi connectivity index (χ1v) is 12.1. The second-order valence-electron chi connectivity index (χ2n) is 9.90. The van der Waals surface area contributed by atoms with Gasteiger partial charge in [0.15, 0.2) is 5.60 Å². The van der Waals surface area contributed by atoms with E-state index in [4.69, 9.17) is 9.47 Å². The number of halogens is 1. The Hall–Kier alpha value is -3.23. The minimum absolute atomic E-state index is 0.185. The molecule has 0 aromatic heterocycles. The van der Waals surface area contributed by atoms with E-state index in [9.17, 15) is 14.7 Å². The summed E-state index contributed by atoms with van der Waals surface area (Å²) >= 11 is 0. The summed E-state index contributed by atoms with van der Waals surface area (Å²) in [5.74, 6) is -1.12. The van der Waals surface area contributed by atoms with Gasteiger partial charge in [-0.2, -0.15) is 0 Å². The fourth-order valence-corrected chi connectivity index (χ4v) is 5.78. The standard InChI is InChI=1S/C28H33FN2O5/c1-6-14-31-22-12-9-19(30-25(33)18-7-10-20(35-5)11-8-18)16-21(22)28(26(31)34)17(2)24(27(3,4)29)23(36-28)13-15-32/h6-12,16-17,23-24,32H,1,13-15H2,2-5H3,(H,30,33)/t17-,23+,24-,28+/m1/s1. The summed E-state index contributed by atoms with van der Waals surface area (Å²) in [5, 5.41) is 12.5. The Morgan fingerprint density at radius 2 is 2.00 bits per heavy atom. The van der Waals surface area contributed by atoms with Crippen LogP contribution in [0.5, 0.6) is 5.75 Å². The lowest BCUT2D eigenvalue weighted by molar-refractivity contribution is -0.146. The number of hydrogen-bond donors (Lipinski definition) is 2. The van der Waals surface area contributed by atoms with Crippen LogP contribution >= 0.6 is 0 Å². The van der Waals surface area contributed by atoms with Crippen molar-refractivity contribution in [2.24, 2.45) is 11.8 Å². The van der Waals surface area contributed by atoms with E-state index in [1.165, 1.54) is 13.8 Å². The van der Waals surface area contributed by atoms with Gasteiger partial charge in [0.2, 0.25) is 0 Å². The minimum Gasteiger partial charge on any atom is -0.497 e. The number of aliphatic hydroxyl groups is 1. The minimum atomic E-state index is -1.64. The number of methoxy groups -OCH3 is 1. The molecule has 0 unspecified atom stereocenters. The molecule has 192 valence electrons. The number of carbonyl (C=O) groups excluding carboxylic acids is 2. The number of aliphatic hydroxyl groups excluding tert-OH is 1. The van der Waals surface area contributed by atoms with Crippen molar-refractivity contribution in [3.8, 4) is 5.75 Å². The summed E-state index contributed by atoms with van der Waals surface area (Å²) in [6, 6.07) is 11.9. The molecule has 2 aliphatic rings. The van der Waals surface area contributed by atoms with Crippen LogP contribution in [-0.2, 0) is 15.1 Å². The number of benzene rings is 2. The van der Waals surface area contributed by atoms with Crippen molar-refractivity contribution in [2.75, 3.05) is 30.5 Å². The zero-order valence-electron chi connectivity index (χ0n) is 21.1. The molecular weight excluding hydrogens is 463 g/mol. The van der Waals surface area contributed by atoms with Crippen molar-refractivity contribution in [1.82, 2.24) is 0 Å². The number of nitrogens with zero attached hydrogens (tertiary/aromatic N) is 1. The van der Waals surface area contributed by atoms with Crippen LogP contribution < -0.4 is 15.0 Å². The van der Waals surface area contributed by atoms with E-state index in [1.54, 1.807) is 60.6 Å². The lowest BCUT2D eigenvalue weighted by Gasteiger charge is -2.32. The fourth-order valence-electron chi connectivity index (χ4n) is 5.78. The van der Waals surface area contributed by atoms with Crippen LogP contribution in [0.1, 0.15) is 43.1 Å². The molecular formula is C28H33FN2O5. The average molecular weight is 497 g/mol. The van der Waals surface area contributed by atoms with E-state index in [0.29, 0.717) is 28.3 Å². The van der Waals surface area contributed by atoms with E-state index in [-0.39, 0.29) is 31.4 Å². The number of carbonyl (C=O) groups is 2. The molecule has 0 radical (unpaired) electrons. The molecule has 2 heterocycles. The number of ether oxygens (including phenoxy) is 2. The number of rotatable bonds is 8. The number of alkyl halides is 1. The summed E-state index contributed by atoms with van der Waals surface area (Å²) in [6.45, 7) is 8.63. The van der Waals surface area contributed by atoms with Crippen LogP contribution in [0.4, 0.5) is 15.8 Å². The highest BCUT2D eigenvalue weighted by molar-refractivity contribution is 6.09. The van der Waals surface area contributed by atoms with Crippen LogP contribution in [-0.4, -0.2) is 49.0 Å². The highest BCUT2D eigenvalue weighted by atomic mass is 19.1. The first kappa shape index (κ1) is 25.9. The van der Waals surface area contributed by atoms with Crippen molar-refractivity contribution >= 4 is 23.2 Å². The van der Waals surface area contributed by atoms with E-state index < -0.39 is 29.2 Å². The molecule has 2 aromatic rings. The van der Waals surface area contributed by atoms with Crippen LogP contribution in [0, 0.1) is 11.8 Å². The van der Waals surface area contributed by atoms with Gasteiger partial charge >= 0.3 is 0 Å². The molecule has 7 nitrogen and oxygen atoms in total. The Morgan fingerprint density at radius 3 is 2.58 bits per heavy atom. The molecule has 0 saturated carbocycles. The molecule has 1 saturated heterocycles. The van der Waals surface area contributed by atoms with Gasteiger partial charge in [0, 0.05) is 41.8 Å². The average Bonchev–Trinajstić information content (AvgIpc) is 3.26. The van der Waals surface area contributed by atoms with Crippen molar-refractivity contribution in [3.05, 3.63) is 66.2 Å². The number of nitrogens with one attached hydrogen (secondary N) is 1. The lowest BCUT2D eigenvalue weighted by atomic mass is 9.71. The number of anilines is 2. The SMILES string of the molecule is C=CCN1C(=O)[C@@]2(O[C@@H](CCO)[C@H](C(C)(C)F)[C@H]2C)c2cc(NC(=O)c3ccc(OC)cc3)ccc21. The second kappa shape index (κ2) is 9.67. The van der Waals surface area contributed by atoms with E-state index in [0.717, 1.165) is 0 Å². The predicted octanol–water partition coefficient (Wildman–Crippen LogP) is 4.46. The van der Waals surface area contributed by atoms with Gasteiger partial charge in [0.25, 0.3) is 11.8 Å². The molecule has 1 fully saturated rings. The molecule has 2 aliphatic heterocycles. The van der Waals surface area contributed by atoms with E-state index >= 15 is 4.39 Å². The number of amides is 2. The largest absolute Gasteiger partial charge is 0.497 e. The van der Waals surface area contributed by atoms with Gasteiger partial charge in [0.1, 0.15) is 11.4 Å². The molecule has 1 spiro atoms. The monoisotopic (exact) mass is 496 g/mol. The zero-order valence-corrected chi connectivity index (χ0v) is 21.1. The maximum Gasteiger partial charge on any atom is 0.264 e. The van der Waals surface area contributed by atoms with Gasteiger partial charge in [-0.25, -0.2) is 4.39 Å². The van der Waals surface area contributed by atoms with E-state index in [1.807, 2.05) is 6.92 Å². The summed E-state index contributed by atoms with van der Waals surface area (Å²) in [6.07, 6.45) is 1.19. The topological polar surface area (TPSA) is 88.1 Å². The quantitative estimate of drug-likeness (QED) is 0.527. The summed E-state index contributed by atoms with van der Waals surface area (Å²) in [4.78, 5) is 28.4. The van der Waals surface area contributed by atoms with Crippen LogP contribution in [0.25, 0.3) is 0 Å². The highest BCUT2D eigenvalue weighted by Gasteiger charge is 2.66. The van der Waals surface area contributed by atoms with Gasteiger partial charge in [-0.3, -0.25) is 9.59 Å². The fraction of sp³-hybridized carbons (Fsp3) is 0.429. The first-order chi connectivity index (χ1) is 17.1. The van der Waals surface area contributed by atoms with Crippen molar-refractivity contribution in [3.63, 3.8) is 0 Å². The maximum absolute atomic E-state index is 15.4. The summed E-state index contributed by atoms with van der Waals surface area (Å²) in [5.41, 5.74) is -0.941. The molecule has 4 atom stereocenters. The van der Waals surface area contributed by atoms with Crippen LogP contribution in [0.3, 0.4) is 0 Å². The molecule has 0 aliphatic carbocycles. The van der Waals surface area contributed by atoms with Crippen LogP contribution in [0.2, 0.25) is 0 Å². The highest BCUT2D eigenvalue weighted by Crippen LogP contribution is 2.58. The van der Waals surface area contributed by atoms with Crippen LogP contribution in [0.15, 0.2) is 55.1 Å². The third-order valence-electron chi connectivity index (χ3n) is 7.30. The molecule has 2 amide bonds. The summed E-state index contributed by atoms with van der Waals surface area (Å²) in [7, 11) is 1.55. The van der Waals surface area contributed by atoms with Gasteiger partial charge in [0.05, 0.1) is 18.9 Å². The van der Waals surface area contributed by atoms with Gasteiger partial charge < -0.3 is 24.8 Å². The molecule has 2 aromatic carbocycles. The normalized spacial score (nSPS) is 25.2. The molecule has 36 heavy (non-hydrogen) atoms. The Bertz CT molecular complexity index is 1160. The number of hydrogen-bond acceptors (Lipinski definition) is 5. The van der Waals surface area contributed by atoms with Gasteiger partial charge in [-0.1, -0.05) is 13.0 Å². The Balaban J connectivity index is 1.76. The van der Waals surface area contributed by atoms with Crippen molar-refractivity contribution in [2.45, 2.75) is 44.6 Å². The lowest BCUT2D eigenvalue weighted by Crippen LogP contribution is -2.45. The Labute approximate surface area is 210 Å². The van der Waals surface area contributed by atoms with E-state index in [2.05, 4.69) is 11.9 Å². The predicted molar refractivity (Wildman–Crippen MR) is 136 cm³/mol. The number of fused-ring (bicyclic) bond motifs is 2. The third kappa shape index (κ3) is 4.18. The van der Waals surface area contributed by atoms with Gasteiger partial charge in [-0.15, -0.1) is 6.58 Å². The van der Waals surface area contributed by atoms with Gasteiger partial charge in [-0.05, 0) is 62.7 Å². The third-order valence-corrected chi connectivity index (χ3v) is 7.30. The second-order valence-corrected chi connectivity index (χ2v) is 9.90. The molecule has 0 bridgehead atoms. The molecule has 8 heteroatoms. The molecule has 2 N–H and O–H groups in total. The Morgan fingerprint density at radius 1 is 1.31 bits per heavy atom. The smallest absolute Gasteiger partial charge is 0.264 e. The molecule has 4 rings (SSSR count). The summed E-state index contributed by atoms with van der Waals surface area (Å²) < 4.78 is 27.0. The first-order valence-electron chi connectivity index (χ1n) is 12.1. The van der Waals surface area contributed by atoms with Crippen molar-refractivity contribution in [1.29, 1.82) is 0 Å². The zero-order chi connectivity index (χ0) is 26.3.